The fraction of sp³-hybridized carbons (Fsp3) is 0.211. The van der Waals surface area contributed by atoms with Gasteiger partial charge >= 0.3 is 5.97 Å². The van der Waals surface area contributed by atoms with E-state index in [1.54, 1.807) is 55.5 Å². The molecular weight excluding hydrogens is 322 g/mol. The second-order valence-corrected chi connectivity index (χ2v) is 5.40. The number of esters is 1. The lowest BCUT2D eigenvalue weighted by Crippen LogP contribution is -2.30. The Morgan fingerprint density at radius 1 is 0.920 bits per heavy atom. The maximum atomic E-state index is 12.2. The molecule has 0 spiro atoms. The van der Waals surface area contributed by atoms with E-state index in [1.165, 1.54) is 14.0 Å². The molecule has 0 saturated heterocycles. The molecule has 1 N–H and O–H groups in total. The van der Waals surface area contributed by atoms with E-state index in [9.17, 15) is 14.4 Å². The summed E-state index contributed by atoms with van der Waals surface area (Å²) < 4.78 is 10.2. The molecule has 0 aliphatic heterocycles. The summed E-state index contributed by atoms with van der Waals surface area (Å²) in [6.07, 6.45) is -0.739. The number of Topliss-reactive ketones (excluding diaryl/α,β-unsaturated/α-hetero) is 1. The summed E-state index contributed by atoms with van der Waals surface area (Å²) in [7, 11) is 1.31. The molecule has 0 aliphatic carbocycles. The van der Waals surface area contributed by atoms with E-state index in [4.69, 9.17) is 4.74 Å². The van der Waals surface area contributed by atoms with Gasteiger partial charge in [-0.25, -0.2) is 4.79 Å². The summed E-state index contributed by atoms with van der Waals surface area (Å²) in [5.41, 5.74) is 1.55. The number of carbonyl (C=O) groups is 3. The zero-order valence-corrected chi connectivity index (χ0v) is 14.2. The van der Waals surface area contributed by atoms with Gasteiger partial charge in [-0.05, 0) is 62.4 Å². The molecule has 0 fully saturated rings. The van der Waals surface area contributed by atoms with Gasteiger partial charge in [-0.1, -0.05) is 0 Å². The highest BCUT2D eigenvalue weighted by atomic mass is 16.5. The summed E-state index contributed by atoms with van der Waals surface area (Å²) in [4.78, 5) is 34.8. The van der Waals surface area contributed by atoms with Crippen LogP contribution in [0.3, 0.4) is 0 Å². The molecule has 130 valence electrons. The smallest absolute Gasteiger partial charge is 0.337 e. The summed E-state index contributed by atoms with van der Waals surface area (Å²) in [6.45, 7) is 3.10. The number of methoxy groups -OCH3 is 1. The van der Waals surface area contributed by atoms with Crippen molar-refractivity contribution in [2.24, 2.45) is 0 Å². The molecule has 1 atom stereocenters. The molecule has 0 heterocycles. The molecule has 25 heavy (non-hydrogen) atoms. The zero-order valence-electron chi connectivity index (χ0n) is 14.2. The van der Waals surface area contributed by atoms with Crippen LogP contribution in [0.25, 0.3) is 0 Å². The van der Waals surface area contributed by atoms with Crippen molar-refractivity contribution >= 4 is 23.3 Å². The number of benzene rings is 2. The van der Waals surface area contributed by atoms with Gasteiger partial charge in [0, 0.05) is 11.3 Å². The summed E-state index contributed by atoms with van der Waals surface area (Å²) >= 11 is 0. The van der Waals surface area contributed by atoms with Crippen molar-refractivity contribution in [2.75, 3.05) is 12.4 Å². The Morgan fingerprint density at radius 2 is 1.48 bits per heavy atom. The van der Waals surface area contributed by atoms with Crippen molar-refractivity contribution in [1.29, 1.82) is 0 Å². The number of nitrogens with one attached hydrogen (secondary N) is 1. The van der Waals surface area contributed by atoms with Crippen LogP contribution in [-0.4, -0.2) is 30.9 Å². The summed E-state index contributed by atoms with van der Waals surface area (Å²) in [5.74, 6) is -0.342. The molecule has 2 rings (SSSR count). The number of hydrogen-bond donors (Lipinski definition) is 1. The maximum absolute atomic E-state index is 12.2. The Balaban J connectivity index is 1.95. The number of hydrogen-bond acceptors (Lipinski definition) is 5. The van der Waals surface area contributed by atoms with Crippen LogP contribution in [0.4, 0.5) is 5.69 Å². The van der Waals surface area contributed by atoms with E-state index in [-0.39, 0.29) is 11.7 Å². The van der Waals surface area contributed by atoms with E-state index in [0.717, 1.165) is 0 Å². The average Bonchev–Trinajstić information content (AvgIpc) is 2.62. The highest BCUT2D eigenvalue weighted by Crippen LogP contribution is 2.16. The lowest BCUT2D eigenvalue weighted by Gasteiger charge is -2.15. The number of carbonyl (C=O) groups excluding carboxylic acids is 3. The fourth-order valence-corrected chi connectivity index (χ4v) is 2.08. The molecule has 0 bridgehead atoms. The van der Waals surface area contributed by atoms with Gasteiger partial charge in [0.2, 0.25) is 0 Å². The summed E-state index contributed by atoms with van der Waals surface area (Å²) in [6, 6.07) is 12.9. The van der Waals surface area contributed by atoms with Crippen molar-refractivity contribution in [3.63, 3.8) is 0 Å². The largest absolute Gasteiger partial charge is 0.481 e. The molecule has 6 heteroatoms. The first-order valence-corrected chi connectivity index (χ1v) is 7.67. The molecule has 0 radical (unpaired) electrons. The van der Waals surface area contributed by atoms with Crippen LogP contribution in [0.5, 0.6) is 5.75 Å². The van der Waals surface area contributed by atoms with Crippen LogP contribution >= 0.6 is 0 Å². The van der Waals surface area contributed by atoms with Crippen molar-refractivity contribution in [2.45, 2.75) is 20.0 Å². The number of amides is 1. The maximum Gasteiger partial charge on any atom is 0.337 e. The van der Waals surface area contributed by atoms with E-state index in [0.29, 0.717) is 22.6 Å². The second-order valence-electron chi connectivity index (χ2n) is 5.40. The van der Waals surface area contributed by atoms with Gasteiger partial charge in [0.05, 0.1) is 12.7 Å². The Kier molecular flexibility index (Phi) is 5.89. The van der Waals surface area contributed by atoms with Crippen molar-refractivity contribution in [1.82, 2.24) is 0 Å². The third-order valence-corrected chi connectivity index (χ3v) is 3.52. The van der Waals surface area contributed by atoms with E-state index in [2.05, 4.69) is 10.1 Å². The second kappa shape index (κ2) is 8.10. The quantitative estimate of drug-likeness (QED) is 0.645. The third-order valence-electron chi connectivity index (χ3n) is 3.52. The van der Waals surface area contributed by atoms with Crippen LogP contribution < -0.4 is 10.1 Å². The van der Waals surface area contributed by atoms with Crippen LogP contribution in [-0.2, 0) is 9.53 Å². The van der Waals surface area contributed by atoms with E-state index in [1.807, 2.05) is 0 Å². The molecule has 6 nitrogen and oxygen atoms in total. The first-order chi connectivity index (χ1) is 11.9. The molecule has 0 aliphatic rings. The zero-order chi connectivity index (χ0) is 18.4. The predicted molar refractivity (Wildman–Crippen MR) is 92.9 cm³/mol. The van der Waals surface area contributed by atoms with Crippen molar-refractivity contribution in [3.05, 3.63) is 59.7 Å². The number of ketones is 1. The third kappa shape index (κ3) is 4.91. The minimum absolute atomic E-state index is 0.0371. The van der Waals surface area contributed by atoms with Gasteiger partial charge in [-0.2, -0.15) is 0 Å². The van der Waals surface area contributed by atoms with Crippen LogP contribution in [0.1, 0.15) is 34.6 Å². The Bertz CT molecular complexity index is 765. The van der Waals surface area contributed by atoms with Gasteiger partial charge < -0.3 is 14.8 Å². The van der Waals surface area contributed by atoms with E-state index >= 15 is 0 Å². The molecule has 0 unspecified atom stereocenters. The highest BCUT2D eigenvalue weighted by Gasteiger charge is 2.15. The normalized spacial score (nSPS) is 11.3. The minimum Gasteiger partial charge on any atom is -0.481 e. The van der Waals surface area contributed by atoms with Gasteiger partial charge in [-0.3, -0.25) is 9.59 Å². The first kappa shape index (κ1) is 18.2. The van der Waals surface area contributed by atoms with Gasteiger partial charge in [0.25, 0.3) is 5.91 Å². The standard InChI is InChI=1S/C19H19NO5/c1-12(21)14-4-8-16(9-5-14)20-18(22)13(2)25-17-10-6-15(7-11-17)19(23)24-3/h4-11,13H,1-3H3,(H,20,22)/t13-/m0/s1. The highest BCUT2D eigenvalue weighted by molar-refractivity contribution is 5.96. The van der Waals surface area contributed by atoms with Crippen molar-refractivity contribution in [3.8, 4) is 5.75 Å². The summed E-state index contributed by atoms with van der Waals surface area (Å²) in [5, 5.41) is 2.72. The predicted octanol–water partition coefficient (Wildman–Crippen LogP) is 3.08. The van der Waals surface area contributed by atoms with Crippen LogP contribution in [0.15, 0.2) is 48.5 Å². The van der Waals surface area contributed by atoms with Crippen LogP contribution in [0.2, 0.25) is 0 Å². The van der Waals surface area contributed by atoms with Gasteiger partial charge in [0.1, 0.15) is 5.75 Å². The van der Waals surface area contributed by atoms with E-state index < -0.39 is 12.1 Å². The molecule has 2 aromatic rings. The molecule has 1 amide bonds. The number of anilines is 1. The lowest BCUT2D eigenvalue weighted by molar-refractivity contribution is -0.122. The molecule has 0 saturated carbocycles. The first-order valence-electron chi connectivity index (χ1n) is 7.67. The van der Waals surface area contributed by atoms with Crippen molar-refractivity contribution < 1.29 is 23.9 Å². The van der Waals surface area contributed by atoms with Gasteiger partial charge in [0.15, 0.2) is 11.9 Å². The van der Waals surface area contributed by atoms with Crippen LogP contribution in [0, 0.1) is 0 Å². The molecule has 2 aromatic carbocycles. The monoisotopic (exact) mass is 341 g/mol. The Morgan fingerprint density at radius 3 is 2.00 bits per heavy atom. The Hall–Kier alpha value is -3.15. The SMILES string of the molecule is COC(=O)c1ccc(O[C@@H](C)C(=O)Nc2ccc(C(C)=O)cc2)cc1. The lowest BCUT2D eigenvalue weighted by atomic mass is 10.1. The minimum atomic E-state index is -0.739. The number of ether oxygens (including phenoxy) is 2. The average molecular weight is 341 g/mol. The number of rotatable bonds is 6. The van der Waals surface area contributed by atoms with Gasteiger partial charge in [-0.15, -0.1) is 0 Å². The Labute approximate surface area is 145 Å². The topological polar surface area (TPSA) is 81.7 Å². The molecular formula is C19H19NO5. The fourth-order valence-electron chi connectivity index (χ4n) is 2.08. The molecule has 0 aromatic heterocycles.